The third-order valence-corrected chi connectivity index (χ3v) is 4.93. The molecule has 0 bridgehead atoms. The normalized spacial score (nSPS) is 32.7. The second-order valence-electron chi connectivity index (χ2n) is 6.57. The lowest BCUT2D eigenvalue weighted by atomic mass is 9.91. The van der Waals surface area contributed by atoms with E-state index in [0.29, 0.717) is 57.0 Å². The lowest BCUT2D eigenvalue weighted by Crippen LogP contribution is -2.42. The van der Waals surface area contributed by atoms with Crippen molar-refractivity contribution in [2.75, 3.05) is 41.8 Å². The van der Waals surface area contributed by atoms with E-state index in [0.717, 1.165) is 12.8 Å². The van der Waals surface area contributed by atoms with Gasteiger partial charge in [-0.25, -0.2) is 8.78 Å². The number of morpholine rings is 1. The van der Waals surface area contributed by atoms with E-state index < -0.39 is 12.3 Å². The van der Waals surface area contributed by atoms with Crippen LogP contribution in [0, 0.1) is 0 Å². The van der Waals surface area contributed by atoms with Crippen LogP contribution in [0.15, 0.2) is 0 Å². The van der Waals surface area contributed by atoms with Crippen LogP contribution in [0.4, 0.5) is 26.6 Å². The van der Waals surface area contributed by atoms with Gasteiger partial charge in [0.1, 0.15) is 12.3 Å². The van der Waals surface area contributed by atoms with Gasteiger partial charge in [0.15, 0.2) is 0 Å². The van der Waals surface area contributed by atoms with Crippen LogP contribution < -0.4 is 15.5 Å². The zero-order valence-electron chi connectivity index (χ0n) is 13.4. The summed E-state index contributed by atoms with van der Waals surface area (Å²) in [4.78, 5) is 15.1. The highest BCUT2D eigenvalue weighted by Gasteiger charge is 2.33. The Hall–Kier alpha value is -1.77. The molecule has 24 heavy (non-hydrogen) atoms. The maximum Gasteiger partial charge on any atom is 0.232 e. The summed E-state index contributed by atoms with van der Waals surface area (Å²) < 4.78 is 32.4. The summed E-state index contributed by atoms with van der Waals surface area (Å²) in [6, 6.07) is -0.508. The maximum absolute atomic E-state index is 13.5. The molecule has 2 N–H and O–H groups in total. The molecule has 1 aliphatic heterocycles. The Morgan fingerprint density at radius 1 is 0.833 bits per heavy atom. The number of alkyl halides is 2. The van der Waals surface area contributed by atoms with Crippen molar-refractivity contribution in [2.45, 2.75) is 50.1 Å². The Kier molecular flexibility index (Phi) is 4.34. The number of nitrogens with one attached hydrogen (secondary N) is 2. The van der Waals surface area contributed by atoms with Crippen LogP contribution in [0.5, 0.6) is 0 Å². The molecule has 0 spiro atoms. The van der Waals surface area contributed by atoms with E-state index >= 15 is 0 Å². The van der Waals surface area contributed by atoms with Crippen LogP contribution in [0.3, 0.4) is 0 Å². The highest BCUT2D eigenvalue weighted by molar-refractivity contribution is 5.45. The van der Waals surface area contributed by atoms with Gasteiger partial charge in [0.25, 0.3) is 0 Å². The summed E-state index contributed by atoms with van der Waals surface area (Å²) in [7, 11) is 0. The second-order valence-corrected chi connectivity index (χ2v) is 6.57. The fourth-order valence-corrected chi connectivity index (χ4v) is 2.97. The van der Waals surface area contributed by atoms with Gasteiger partial charge < -0.3 is 20.3 Å². The van der Waals surface area contributed by atoms with Crippen LogP contribution in [0.25, 0.3) is 0 Å². The predicted octanol–water partition coefficient (Wildman–Crippen LogP) is 1.53. The molecule has 4 atom stereocenters. The van der Waals surface area contributed by atoms with Crippen molar-refractivity contribution < 1.29 is 13.5 Å². The van der Waals surface area contributed by atoms with Crippen LogP contribution in [0.2, 0.25) is 0 Å². The first-order chi connectivity index (χ1) is 11.7. The Bertz CT molecular complexity index is 547. The molecule has 3 aliphatic rings. The minimum absolute atomic E-state index is 0.254. The van der Waals surface area contributed by atoms with E-state index in [4.69, 9.17) is 4.74 Å². The minimum atomic E-state index is -0.869. The van der Waals surface area contributed by atoms with Crippen molar-refractivity contribution in [2.24, 2.45) is 0 Å². The highest BCUT2D eigenvalue weighted by atomic mass is 19.1. The molecular weight excluding hydrogens is 318 g/mol. The van der Waals surface area contributed by atoms with Gasteiger partial charge in [-0.05, 0) is 25.7 Å². The standard InChI is InChI=1S/C15H22F2N6O/c16-9-1-3-11(9)18-13-20-14(19-12-4-2-10(12)17)22-15(21-13)23-5-7-24-8-6-23/h9-12H,1-8H2,(H2,18,19,20,21,22)/t9-,10+,11+,12-. The second kappa shape index (κ2) is 6.62. The predicted molar refractivity (Wildman–Crippen MR) is 85.9 cm³/mol. The molecule has 1 aromatic rings. The molecule has 7 nitrogen and oxygen atoms in total. The van der Waals surface area contributed by atoms with Crippen LogP contribution in [-0.2, 0) is 4.74 Å². The molecule has 0 amide bonds. The number of hydrogen-bond acceptors (Lipinski definition) is 7. The largest absolute Gasteiger partial charge is 0.378 e. The third-order valence-electron chi connectivity index (χ3n) is 4.93. The van der Waals surface area contributed by atoms with E-state index in [1.165, 1.54) is 0 Å². The zero-order valence-corrected chi connectivity index (χ0v) is 13.4. The molecule has 0 aromatic carbocycles. The molecule has 2 saturated carbocycles. The SMILES string of the molecule is F[C@@H]1CC[C@@H]1Nc1nc(N[C@@H]2CC[C@@H]2F)nc(N2CCOCC2)n1. The van der Waals surface area contributed by atoms with Crippen molar-refractivity contribution in [3.8, 4) is 0 Å². The van der Waals surface area contributed by atoms with E-state index in [1.807, 2.05) is 4.90 Å². The molecule has 4 rings (SSSR count). The topological polar surface area (TPSA) is 75.2 Å². The van der Waals surface area contributed by atoms with Gasteiger partial charge in [0, 0.05) is 13.1 Å². The van der Waals surface area contributed by atoms with Gasteiger partial charge in [-0.2, -0.15) is 15.0 Å². The number of rotatable bonds is 5. The summed E-state index contributed by atoms with van der Waals surface area (Å²) in [5.41, 5.74) is 0. The number of ether oxygens (including phenoxy) is 1. The Morgan fingerprint density at radius 3 is 1.79 bits per heavy atom. The average Bonchev–Trinajstić information content (AvgIpc) is 2.62. The average molecular weight is 340 g/mol. The summed E-state index contributed by atoms with van der Waals surface area (Å²) in [5.74, 6) is 1.20. The zero-order chi connectivity index (χ0) is 16.5. The van der Waals surface area contributed by atoms with E-state index in [1.54, 1.807) is 0 Å². The van der Waals surface area contributed by atoms with Gasteiger partial charge in [0.2, 0.25) is 17.8 Å². The number of hydrogen-bond donors (Lipinski definition) is 2. The fraction of sp³-hybridized carbons (Fsp3) is 0.800. The minimum Gasteiger partial charge on any atom is -0.378 e. The van der Waals surface area contributed by atoms with Gasteiger partial charge in [-0.3, -0.25) is 0 Å². The van der Waals surface area contributed by atoms with Gasteiger partial charge >= 0.3 is 0 Å². The number of aromatic nitrogens is 3. The Morgan fingerprint density at radius 2 is 1.38 bits per heavy atom. The number of halogens is 2. The maximum atomic E-state index is 13.5. The Balaban J connectivity index is 1.54. The first-order valence-corrected chi connectivity index (χ1v) is 8.59. The molecule has 0 radical (unpaired) electrons. The Labute approximate surface area is 139 Å². The summed E-state index contributed by atoms with van der Waals surface area (Å²) in [5, 5.41) is 6.08. The molecule has 2 aliphatic carbocycles. The van der Waals surface area contributed by atoms with Crippen molar-refractivity contribution in [3.63, 3.8) is 0 Å². The fourth-order valence-electron chi connectivity index (χ4n) is 2.97. The van der Waals surface area contributed by atoms with Gasteiger partial charge in [-0.1, -0.05) is 0 Å². The quantitative estimate of drug-likeness (QED) is 0.842. The van der Waals surface area contributed by atoms with Crippen molar-refractivity contribution in [1.29, 1.82) is 0 Å². The van der Waals surface area contributed by atoms with Crippen LogP contribution >= 0.6 is 0 Å². The number of anilines is 3. The molecule has 3 fully saturated rings. The van der Waals surface area contributed by atoms with Crippen molar-refractivity contribution in [3.05, 3.63) is 0 Å². The monoisotopic (exact) mass is 340 g/mol. The summed E-state index contributed by atoms with van der Waals surface area (Å²) >= 11 is 0. The molecular formula is C15H22F2N6O. The molecule has 2 heterocycles. The summed E-state index contributed by atoms with van der Waals surface area (Å²) in [6.07, 6.45) is 0.916. The van der Waals surface area contributed by atoms with E-state index in [-0.39, 0.29) is 12.1 Å². The van der Waals surface area contributed by atoms with Gasteiger partial charge in [0.05, 0.1) is 25.3 Å². The first kappa shape index (κ1) is 15.7. The first-order valence-electron chi connectivity index (χ1n) is 8.59. The number of nitrogens with zero attached hydrogens (tertiary/aromatic N) is 4. The van der Waals surface area contributed by atoms with Gasteiger partial charge in [-0.15, -0.1) is 0 Å². The van der Waals surface area contributed by atoms with E-state index in [2.05, 4.69) is 25.6 Å². The molecule has 0 unspecified atom stereocenters. The molecule has 1 aromatic heterocycles. The smallest absolute Gasteiger partial charge is 0.232 e. The lowest BCUT2D eigenvalue weighted by Gasteiger charge is -2.33. The summed E-state index contributed by atoms with van der Waals surface area (Å²) in [6.45, 7) is 2.60. The lowest BCUT2D eigenvalue weighted by molar-refractivity contribution is 0.122. The van der Waals surface area contributed by atoms with Crippen molar-refractivity contribution in [1.82, 2.24) is 15.0 Å². The molecule has 132 valence electrons. The highest BCUT2D eigenvalue weighted by Crippen LogP contribution is 2.28. The van der Waals surface area contributed by atoms with Crippen molar-refractivity contribution >= 4 is 17.8 Å². The van der Waals surface area contributed by atoms with E-state index in [9.17, 15) is 8.78 Å². The van der Waals surface area contributed by atoms with Crippen LogP contribution in [-0.4, -0.2) is 65.7 Å². The molecule has 1 saturated heterocycles. The molecule has 9 heteroatoms. The van der Waals surface area contributed by atoms with Crippen LogP contribution in [0.1, 0.15) is 25.7 Å². The third kappa shape index (κ3) is 3.22.